The fraction of sp³-hybridized carbons (Fsp3) is 0.0833. The van der Waals surface area contributed by atoms with Crippen LogP contribution in [0, 0.1) is 5.82 Å². The molecule has 0 aliphatic heterocycles. The van der Waals surface area contributed by atoms with Crippen LogP contribution < -0.4 is 5.32 Å². The molecule has 0 bridgehead atoms. The molecule has 0 spiro atoms. The monoisotopic (exact) mass is 569 g/mol. The quantitative estimate of drug-likeness (QED) is 0.196. The Labute approximate surface area is 248 Å². The van der Waals surface area contributed by atoms with Crippen molar-refractivity contribution >= 4 is 22.8 Å². The molecule has 0 fully saturated rings. The topological polar surface area (TPSA) is 84.2 Å². The minimum atomic E-state index is -0.998. The van der Waals surface area contributed by atoms with Gasteiger partial charge < -0.3 is 10.4 Å². The van der Waals surface area contributed by atoms with Gasteiger partial charge in [-0.1, -0.05) is 78.9 Å². The van der Waals surface area contributed by atoms with Gasteiger partial charge in [-0.2, -0.15) is 5.10 Å². The van der Waals surface area contributed by atoms with Crippen molar-refractivity contribution in [2.24, 2.45) is 0 Å². The minimum absolute atomic E-state index is 0.189. The second-order valence-electron chi connectivity index (χ2n) is 10.5. The third kappa shape index (κ3) is 5.92. The average molecular weight is 570 g/mol. The number of aromatic carboxylic acids is 1. The van der Waals surface area contributed by atoms with Crippen LogP contribution in [0.3, 0.4) is 0 Å². The summed E-state index contributed by atoms with van der Waals surface area (Å²) in [5.41, 5.74) is 6.99. The molecule has 43 heavy (non-hydrogen) atoms. The van der Waals surface area contributed by atoms with E-state index in [2.05, 4.69) is 10.4 Å². The summed E-state index contributed by atoms with van der Waals surface area (Å²) < 4.78 is 15.2. The Bertz CT molecular complexity index is 1910. The highest BCUT2D eigenvalue weighted by Crippen LogP contribution is 2.29. The van der Waals surface area contributed by atoms with Gasteiger partial charge in [0, 0.05) is 5.39 Å². The Morgan fingerprint density at radius 3 is 2.09 bits per heavy atom. The number of fused-ring (bicyclic) bond motifs is 1. The zero-order valence-corrected chi connectivity index (χ0v) is 23.4. The fourth-order valence-electron chi connectivity index (χ4n) is 5.21. The van der Waals surface area contributed by atoms with Gasteiger partial charge in [-0.3, -0.25) is 9.48 Å². The van der Waals surface area contributed by atoms with Gasteiger partial charge in [-0.15, -0.1) is 0 Å². The molecule has 0 aliphatic carbocycles. The molecular formula is C36H28FN3O3. The van der Waals surface area contributed by atoms with Crippen molar-refractivity contribution in [1.29, 1.82) is 0 Å². The van der Waals surface area contributed by atoms with Crippen LogP contribution >= 0.6 is 0 Å². The van der Waals surface area contributed by atoms with E-state index >= 15 is 0 Å². The zero-order chi connectivity index (χ0) is 29.9. The summed E-state index contributed by atoms with van der Waals surface area (Å²) in [5.74, 6) is -1.53. The number of carboxylic acid groups (broad SMARTS) is 1. The maximum atomic E-state index is 13.9. The molecule has 0 saturated heterocycles. The van der Waals surface area contributed by atoms with E-state index in [9.17, 15) is 19.1 Å². The van der Waals surface area contributed by atoms with Gasteiger partial charge in [0.25, 0.3) is 5.91 Å². The van der Waals surface area contributed by atoms with Crippen LogP contribution in [-0.2, 0) is 6.54 Å². The maximum Gasteiger partial charge on any atom is 0.335 e. The minimum Gasteiger partial charge on any atom is -0.478 e. The first kappa shape index (κ1) is 27.6. The van der Waals surface area contributed by atoms with Crippen LogP contribution in [0.1, 0.15) is 44.8 Å². The molecule has 5 aromatic carbocycles. The van der Waals surface area contributed by atoms with Crippen molar-refractivity contribution in [3.05, 3.63) is 150 Å². The van der Waals surface area contributed by atoms with Gasteiger partial charge in [0.1, 0.15) is 5.82 Å². The zero-order valence-electron chi connectivity index (χ0n) is 23.4. The van der Waals surface area contributed by atoms with Gasteiger partial charge >= 0.3 is 5.97 Å². The summed E-state index contributed by atoms with van der Waals surface area (Å²) in [6.45, 7) is 2.32. The van der Waals surface area contributed by atoms with Crippen molar-refractivity contribution in [3.8, 4) is 22.3 Å². The lowest BCUT2D eigenvalue weighted by molar-refractivity contribution is 0.0696. The second kappa shape index (κ2) is 11.7. The number of hydrogen-bond acceptors (Lipinski definition) is 3. The number of rotatable bonds is 8. The van der Waals surface area contributed by atoms with E-state index in [-0.39, 0.29) is 23.3 Å². The number of aromatic nitrogens is 2. The summed E-state index contributed by atoms with van der Waals surface area (Å²) >= 11 is 0. The number of hydrogen-bond donors (Lipinski definition) is 2. The molecule has 6 nitrogen and oxygen atoms in total. The highest BCUT2D eigenvalue weighted by atomic mass is 19.1. The van der Waals surface area contributed by atoms with E-state index in [0.29, 0.717) is 17.6 Å². The second-order valence-corrected chi connectivity index (χ2v) is 10.5. The summed E-state index contributed by atoms with van der Waals surface area (Å²) in [7, 11) is 0. The Kier molecular flexibility index (Phi) is 7.54. The summed E-state index contributed by atoms with van der Waals surface area (Å²) in [5, 5.41) is 17.8. The SMILES string of the molecule is C[C@H](NC(=O)c1cc(-c2ccccc2)cc2cnn(Cc3ccc(-c4ccc(F)cc4)cc3)c12)c1ccc(C(=O)O)cc1. The van der Waals surface area contributed by atoms with Crippen molar-refractivity contribution in [2.75, 3.05) is 0 Å². The fourth-order valence-corrected chi connectivity index (χ4v) is 5.21. The Balaban J connectivity index is 1.33. The molecule has 0 radical (unpaired) electrons. The normalized spacial score (nSPS) is 11.8. The molecule has 7 heteroatoms. The molecule has 1 atom stereocenters. The predicted molar refractivity (Wildman–Crippen MR) is 165 cm³/mol. The number of nitrogens with one attached hydrogen (secondary N) is 1. The molecule has 0 unspecified atom stereocenters. The summed E-state index contributed by atoms with van der Waals surface area (Å²) in [6.07, 6.45) is 1.78. The van der Waals surface area contributed by atoms with Crippen LogP contribution in [0.4, 0.5) is 4.39 Å². The lowest BCUT2D eigenvalue weighted by Gasteiger charge is -2.17. The van der Waals surface area contributed by atoms with Crippen LogP contribution in [-0.4, -0.2) is 26.8 Å². The van der Waals surface area contributed by atoms with Crippen LogP contribution in [0.2, 0.25) is 0 Å². The number of carbonyl (C=O) groups excluding carboxylic acids is 1. The number of benzene rings is 5. The largest absolute Gasteiger partial charge is 0.478 e. The third-order valence-corrected chi connectivity index (χ3v) is 7.55. The lowest BCUT2D eigenvalue weighted by atomic mass is 9.99. The first-order valence-electron chi connectivity index (χ1n) is 13.9. The van der Waals surface area contributed by atoms with E-state index in [1.165, 1.54) is 24.3 Å². The lowest BCUT2D eigenvalue weighted by Crippen LogP contribution is -2.27. The van der Waals surface area contributed by atoms with E-state index in [0.717, 1.165) is 38.8 Å². The highest BCUT2D eigenvalue weighted by Gasteiger charge is 2.20. The molecule has 6 aromatic rings. The van der Waals surface area contributed by atoms with E-state index in [1.54, 1.807) is 30.5 Å². The van der Waals surface area contributed by atoms with Gasteiger partial charge in [-0.05, 0) is 76.7 Å². The number of carboxylic acids is 1. The van der Waals surface area contributed by atoms with E-state index < -0.39 is 5.97 Å². The number of amides is 1. The molecule has 1 aromatic heterocycles. The standard InChI is InChI=1S/C36H28FN3O3/c1-23(25-11-13-29(14-12-25)36(42)43)39-35(41)33-20-30(26-5-3-2-4-6-26)19-31-21-38-40(34(31)33)22-24-7-9-27(10-8-24)28-15-17-32(37)18-16-28/h2-21,23H,22H2,1H3,(H,39,41)(H,42,43)/t23-/m0/s1. The molecular weight excluding hydrogens is 541 g/mol. The van der Waals surface area contributed by atoms with E-state index in [1.807, 2.05) is 78.3 Å². The Hall–Kier alpha value is -5.56. The van der Waals surface area contributed by atoms with Crippen LogP contribution in [0.25, 0.3) is 33.2 Å². The first-order valence-corrected chi connectivity index (χ1v) is 13.9. The van der Waals surface area contributed by atoms with Crippen LogP contribution in [0.5, 0.6) is 0 Å². The molecule has 212 valence electrons. The summed E-state index contributed by atoms with van der Waals surface area (Å²) in [4.78, 5) is 25.1. The Morgan fingerprint density at radius 2 is 1.44 bits per heavy atom. The first-order chi connectivity index (χ1) is 20.9. The third-order valence-electron chi connectivity index (χ3n) is 7.55. The molecule has 6 rings (SSSR count). The Morgan fingerprint density at radius 1 is 0.814 bits per heavy atom. The summed E-state index contributed by atoms with van der Waals surface area (Å²) in [6, 6.07) is 34.3. The van der Waals surface area contributed by atoms with Gasteiger partial charge in [0.15, 0.2) is 0 Å². The van der Waals surface area contributed by atoms with E-state index in [4.69, 9.17) is 0 Å². The molecule has 2 N–H and O–H groups in total. The number of nitrogens with zero attached hydrogens (tertiary/aromatic N) is 2. The smallest absolute Gasteiger partial charge is 0.335 e. The highest BCUT2D eigenvalue weighted by molar-refractivity contribution is 6.07. The van der Waals surface area contributed by atoms with Gasteiger partial charge in [0.2, 0.25) is 0 Å². The predicted octanol–water partition coefficient (Wildman–Crippen LogP) is 7.75. The van der Waals surface area contributed by atoms with Gasteiger partial charge in [0.05, 0.1) is 35.4 Å². The van der Waals surface area contributed by atoms with Crippen molar-refractivity contribution < 1.29 is 19.1 Å². The molecule has 1 heterocycles. The van der Waals surface area contributed by atoms with Crippen molar-refractivity contribution in [2.45, 2.75) is 19.5 Å². The number of carbonyl (C=O) groups is 2. The maximum absolute atomic E-state index is 13.9. The molecule has 0 aliphatic rings. The molecule has 1 amide bonds. The number of halogens is 1. The van der Waals surface area contributed by atoms with Crippen molar-refractivity contribution in [3.63, 3.8) is 0 Å². The van der Waals surface area contributed by atoms with Crippen molar-refractivity contribution in [1.82, 2.24) is 15.1 Å². The van der Waals surface area contributed by atoms with Gasteiger partial charge in [-0.25, -0.2) is 9.18 Å². The molecule has 0 saturated carbocycles. The average Bonchev–Trinajstić information content (AvgIpc) is 3.44. The van der Waals surface area contributed by atoms with Crippen LogP contribution in [0.15, 0.2) is 121 Å².